The van der Waals surface area contributed by atoms with Crippen LogP contribution in [0.4, 0.5) is 0 Å². The molecule has 0 radical (unpaired) electrons. The van der Waals surface area contributed by atoms with E-state index >= 15 is 0 Å². The highest BCUT2D eigenvalue weighted by Gasteiger charge is 2.17. The van der Waals surface area contributed by atoms with Crippen LogP contribution in [0.15, 0.2) is 34.8 Å². The summed E-state index contributed by atoms with van der Waals surface area (Å²) < 4.78 is 1.19. The molecular formula is C14H16BrNS. The lowest BCUT2D eigenvalue weighted by atomic mass is 10.0. The fourth-order valence-electron chi connectivity index (χ4n) is 1.91. The normalized spacial score (nSPS) is 12.7. The van der Waals surface area contributed by atoms with Crippen LogP contribution < -0.4 is 5.32 Å². The molecule has 0 saturated heterocycles. The first-order chi connectivity index (χ1) is 8.11. The second kappa shape index (κ2) is 5.34. The summed E-state index contributed by atoms with van der Waals surface area (Å²) in [6.07, 6.45) is 0. The van der Waals surface area contributed by atoms with Gasteiger partial charge in [0.15, 0.2) is 0 Å². The van der Waals surface area contributed by atoms with Gasteiger partial charge in [-0.1, -0.05) is 29.8 Å². The SMILES string of the molecule is CNC(c1ccc(C)cc1)c1sc(C)cc1Br. The number of benzene rings is 1. The van der Waals surface area contributed by atoms with Crippen LogP contribution in [0, 0.1) is 13.8 Å². The maximum absolute atomic E-state index is 3.64. The zero-order chi connectivity index (χ0) is 12.4. The van der Waals surface area contributed by atoms with Crippen LogP contribution in [0.25, 0.3) is 0 Å². The zero-order valence-electron chi connectivity index (χ0n) is 10.3. The van der Waals surface area contributed by atoms with Crippen molar-refractivity contribution in [2.45, 2.75) is 19.9 Å². The van der Waals surface area contributed by atoms with Crippen molar-refractivity contribution in [1.82, 2.24) is 5.32 Å². The summed E-state index contributed by atoms with van der Waals surface area (Å²) in [5, 5.41) is 3.39. The average molecular weight is 310 g/mol. The fourth-order valence-corrected chi connectivity index (χ4v) is 3.92. The highest BCUT2D eigenvalue weighted by atomic mass is 79.9. The summed E-state index contributed by atoms with van der Waals surface area (Å²) in [6.45, 7) is 4.25. The molecule has 2 rings (SSSR count). The third kappa shape index (κ3) is 2.79. The van der Waals surface area contributed by atoms with Gasteiger partial charge in [0.25, 0.3) is 0 Å². The number of hydrogen-bond acceptors (Lipinski definition) is 2. The number of rotatable bonds is 3. The largest absolute Gasteiger partial charge is 0.309 e. The molecule has 1 nitrogen and oxygen atoms in total. The first-order valence-corrected chi connectivity index (χ1v) is 7.22. The molecule has 0 saturated carbocycles. The van der Waals surface area contributed by atoms with E-state index in [9.17, 15) is 0 Å². The van der Waals surface area contributed by atoms with Crippen molar-refractivity contribution in [3.63, 3.8) is 0 Å². The Hall–Kier alpha value is -0.640. The minimum absolute atomic E-state index is 0.267. The molecule has 1 N–H and O–H groups in total. The number of hydrogen-bond donors (Lipinski definition) is 1. The van der Waals surface area contributed by atoms with Gasteiger partial charge in [0.2, 0.25) is 0 Å². The van der Waals surface area contributed by atoms with Crippen LogP contribution >= 0.6 is 27.3 Å². The monoisotopic (exact) mass is 309 g/mol. The molecule has 1 aromatic heterocycles. The Labute approximate surface area is 115 Å². The molecule has 0 spiro atoms. The van der Waals surface area contributed by atoms with Gasteiger partial charge in [-0.2, -0.15) is 0 Å². The average Bonchev–Trinajstić information content (AvgIpc) is 2.62. The molecule has 0 fully saturated rings. The molecule has 0 bridgehead atoms. The Morgan fingerprint density at radius 3 is 2.29 bits per heavy atom. The Morgan fingerprint density at radius 2 is 1.82 bits per heavy atom. The van der Waals surface area contributed by atoms with Gasteiger partial charge in [-0.15, -0.1) is 11.3 Å². The molecule has 0 aliphatic heterocycles. The lowest BCUT2D eigenvalue weighted by molar-refractivity contribution is 0.701. The first-order valence-electron chi connectivity index (χ1n) is 5.61. The van der Waals surface area contributed by atoms with Crippen LogP contribution in [0.3, 0.4) is 0 Å². The number of nitrogens with one attached hydrogen (secondary N) is 1. The molecule has 90 valence electrons. The molecule has 17 heavy (non-hydrogen) atoms. The summed E-state index contributed by atoms with van der Waals surface area (Å²) >= 11 is 5.48. The van der Waals surface area contributed by atoms with E-state index in [1.54, 1.807) is 0 Å². The van der Waals surface area contributed by atoms with Crippen molar-refractivity contribution in [2.75, 3.05) is 7.05 Å². The van der Waals surface area contributed by atoms with E-state index in [2.05, 4.69) is 65.4 Å². The highest BCUT2D eigenvalue weighted by Crippen LogP contribution is 2.35. The molecular weight excluding hydrogens is 294 g/mol. The molecule has 1 unspecified atom stereocenters. The predicted molar refractivity (Wildman–Crippen MR) is 78.8 cm³/mol. The maximum atomic E-state index is 3.64. The van der Waals surface area contributed by atoms with Gasteiger partial charge in [0.05, 0.1) is 6.04 Å². The van der Waals surface area contributed by atoms with Crippen LogP contribution in [0.2, 0.25) is 0 Å². The summed E-state index contributed by atoms with van der Waals surface area (Å²) in [5.41, 5.74) is 2.60. The van der Waals surface area contributed by atoms with E-state index in [1.807, 2.05) is 18.4 Å². The van der Waals surface area contributed by atoms with Crippen molar-refractivity contribution in [2.24, 2.45) is 0 Å². The molecule has 0 aliphatic rings. The van der Waals surface area contributed by atoms with Crippen LogP contribution in [0.5, 0.6) is 0 Å². The Balaban J connectivity index is 2.39. The van der Waals surface area contributed by atoms with Gasteiger partial charge in [0.1, 0.15) is 0 Å². The lowest BCUT2D eigenvalue weighted by Crippen LogP contribution is -2.16. The van der Waals surface area contributed by atoms with Crippen molar-refractivity contribution in [3.8, 4) is 0 Å². The van der Waals surface area contributed by atoms with Gasteiger partial charge in [-0.3, -0.25) is 0 Å². The molecule has 0 amide bonds. The second-order valence-electron chi connectivity index (χ2n) is 4.20. The molecule has 2 aromatic rings. The van der Waals surface area contributed by atoms with Crippen molar-refractivity contribution < 1.29 is 0 Å². The second-order valence-corrected chi connectivity index (χ2v) is 6.34. The van der Waals surface area contributed by atoms with Crippen LogP contribution in [0.1, 0.15) is 26.9 Å². The minimum atomic E-state index is 0.267. The van der Waals surface area contributed by atoms with E-state index < -0.39 is 0 Å². The number of halogens is 1. The summed E-state index contributed by atoms with van der Waals surface area (Å²) in [7, 11) is 2.01. The van der Waals surface area contributed by atoms with E-state index in [0.717, 1.165) is 0 Å². The summed E-state index contributed by atoms with van der Waals surface area (Å²) in [5.74, 6) is 0. The van der Waals surface area contributed by atoms with E-state index in [-0.39, 0.29) is 6.04 Å². The molecule has 3 heteroatoms. The first kappa shape index (κ1) is 12.8. The quantitative estimate of drug-likeness (QED) is 0.884. The van der Waals surface area contributed by atoms with E-state index in [4.69, 9.17) is 0 Å². The van der Waals surface area contributed by atoms with Gasteiger partial charge < -0.3 is 5.32 Å². The number of thiophene rings is 1. The summed E-state index contributed by atoms with van der Waals surface area (Å²) in [4.78, 5) is 2.67. The highest BCUT2D eigenvalue weighted by molar-refractivity contribution is 9.10. The van der Waals surface area contributed by atoms with Gasteiger partial charge >= 0.3 is 0 Å². The fraction of sp³-hybridized carbons (Fsp3) is 0.286. The van der Waals surface area contributed by atoms with Crippen LogP contribution in [-0.2, 0) is 0 Å². The van der Waals surface area contributed by atoms with Gasteiger partial charge in [-0.25, -0.2) is 0 Å². The van der Waals surface area contributed by atoms with Gasteiger partial charge in [0, 0.05) is 14.2 Å². The third-order valence-electron chi connectivity index (χ3n) is 2.80. The van der Waals surface area contributed by atoms with E-state index in [0.29, 0.717) is 0 Å². The predicted octanol–water partition coefficient (Wildman–Crippen LogP) is 4.44. The smallest absolute Gasteiger partial charge is 0.0680 e. The third-order valence-corrected chi connectivity index (χ3v) is 4.83. The van der Waals surface area contributed by atoms with Gasteiger partial charge in [-0.05, 0) is 48.5 Å². The van der Waals surface area contributed by atoms with Crippen molar-refractivity contribution in [1.29, 1.82) is 0 Å². The molecule has 1 heterocycles. The lowest BCUT2D eigenvalue weighted by Gasteiger charge is -2.16. The Kier molecular flexibility index (Phi) is 4.02. The maximum Gasteiger partial charge on any atom is 0.0680 e. The minimum Gasteiger partial charge on any atom is -0.309 e. The van der Waals surface area contributed by atoms with E-state index in [1.165, 1.54) is 25.4 Å². The van der Waals surface area contributed by atoms with Crippen molar-refractivity contribution in [3.05, 3.63) is 55.7 Å². The number of aryl methyl sites for hydroxylation is 2. The summed E-state index contributed by atoms with van der Waals surface area (Å²) in [6, 6.07) is 11.2. The van der Waals surface area contributed by atoms with Crippen LogP contribution in [-0.4, -0.2) is 7.05 Å². The Bertz CT molecular complexity index is 501. The topological polar surface area (TPSA) is 12.0 Å². The Morgan fingerprint density at radius 1 is 1.18 bits per heavy atom. The molecule has 1 atom stereocenters. The standard InChI is InChI=1S/C14H16BrNS/c1-9-4-6-11(7-5-9)13(16-3)14-12(15)8-10(2)17-14/h4-8,13,16H,1-3H3. The molecule has 0 aliphatic carbocycles. The van der Waals surface area contributed by atoms with Crippen molar-refractivity contribution >= 4 is 27.3 Å². The zero-order valence-corrected chi connectivity index (χ0v) is 12.7. The molecule has 1 aromatic carbocycles.